The van der Waals surface area contributed by atoms with Crippen LogP contribution in [-0.4, -0.2) is 4.92 Å². The first kappa shape index (κ1) is 14.3. The van der Waals surface area contributed by atoms with E-state index in [1.807, 2.05) is 18.2 Å². The summed E-state index contributed by atoms with van der Waals surface area (Å²) in [5.41, 5.74) is 2.29. The van der Waals surface area contributed by atoms with E-state index in [1.54, 1.807) is 18.2 Å². The standard InChI is InChI=1S/C15H9Br2NO3/c16-8-9-5-6-13-11(7-9)14(17)15(21-13)10-3-1-2-4-12(10)18(19)20/h1-7H,8H2. The highest BCUT2D eigenvalue weighted by atomic mass is 79.9. The summed E-state index contributed by atoms with van der Waals surface area (Å²) < 4.78 is 6.54. The molecule has 3 rings (SSSR count). The molecule has 21 heavy (non-hydrogen) atoms. The quantitative estimate of drug-likeness (QED) is 0.317. The number of alkyl halides is 1. The van der Waals surface area contributed by atoms with Gasteiger partial charge in [0.25, 0.3) is 5.69 Å². The topological polar surface area (TPSA) is 56.3 Å². The van der Waals surface area contributed by atoms with E-state index in [9.17, 15) is 10.1 Å². The maximum absolute atomic E-state index is 11.2. The molecule has 0 amide bonds. The highest BCUT2D eigenvalue weighted by molar-refractivity contribution is 9.10. The molecule has 6 heteroatoms. The summed E-state index contributed by atoms with van der Waals surface area (Å²) in [5, 5.41) is 12.8. The molecular weight excluding hydrogens is 402 g/mol. The van der Waals surface area contributed by atoms with Crippen molar-refractivity contribution in [3.8, 4) is 11.3 Å². The van der Waals surface area contributed by atoms with Crippen molar-refractivity contribution in [2.75, 3.05) is 0 Å². The third-order valence-electron chi connectivity index (χ3n) is 3.19. The first-order valence-electron chi connectivity index (χ1n) is 6.12. The lowest BCUT2D eigenvalue weighted by Gasteiger charge is -1.99. The number of nitro benzene ring substituents is 1. The Hall–Kier alpha value is -1.66. The van der Waals surface area contributed by atoms with Crippen molar-refractivity contribution in [1.29, 1.82) is 0 Å². The lowest BCUT2D eigenvalue weighted by atomic mass is 10.1. The van der Waals surface area contributed by atoms with Crippen LogP contribution < -0.4 is 0 Å². The molecule has 4 nitrogen and oxygen atoms in total. The van der Waals surface area contributed by atoms with Crippen LogP contribution in [0.4, 0.5) is 5.69 Å². The average Bonchev–Trinajstić information content (AvgIpc) is 2.83. The van der Waals surface area contributed by atoms with Crippen LogP contribution >= 0.6 is 31.9 Å². The highest BCUT2D eigenvalue weighted by Crippen LogP contribution is 2.41. The Labute approximate surface area is 137 Å². The van der Waals surface area contributed by atoms with Crippen molar-refractivity contribution < 1.29 is 9.34 Å². The monoisotopic (exact) mass is 409 g/mol. The van der Waals surface area contributed by atoms with Gasteiger partial charge in [-0.3, -0.25) is 10.1 Å². The molecule has 2 aromatic carbocycles. The Morgan fingerprint density at radius 1 is 1.19 bits per heavy atom. The minimum absolute atomic E-state index is 0.0259. The number of para-hydroxylation sites is 1. The van der Waals surface area contributed by atoms with Gasteiger partial charge in [-0.15, -0.1) is 0 Å². The Bertz CT molecular complexity index is 842. The second-order valence-electron chi connectivity index (χ2n) is 4.48. The minimum atomic E-state index is -0.404. The van der Waals surface area contributed by atoms with Gasteiger partial charge in [0.15, 0.2) is 5.76 Å². The number of rotatable bonds is 3. The zero-order valence-electron chi connectivity index (χ0n) is 10.7. The summed E-state index contributed by atoms with van der Waals surface area (Å²) in [6, 6.07) is 12.4. The van der Waals surface area contributed by atoms with Crippen LogP contribution in [0.2, 0.25) is 0 Å². The normalized spacial score (nSPS) is 11.0. The molecule has 0 radical (unpaired) electrons. The number of benzene rings is 2. The fourth-order valence-electron chi connectivity index (χ4n) is 2.20. The minimum Gasteiger partial charge on any atom is -0.455 e. The van der Waals surface area contributed by atoms with Gasteiger partial charge in [-0.25, -0.2) is 0 Å². The third-order valence-corrected chi connectivity index (χ3v) is 4.63. The van der Waals surface area contributed by atoms with E-state index >= 15 is 0 Å². The van der Waals surface area contributed by atoms with Crippen LogP contribution in [0, 0.1) is 10.1 Å². The molecule has 106 valence electrons. The van der Waals surface area contributed by atoms with E-state index in [0.29, 0.717) is 16.9 Å². The Morgan fingerprint density at radius 3 is 2.67 bits per heavy atom. The summed E-state index contributed by atoms with van der Waals surface area (Å²) in [5.74, 6) is 0.476. The van der Waals surface area contributed by atoms with Crippen molar-refractivity contribution >= 4 is 48.5 Å². The number of hydrogen-bond donors (Lipinski definition) is 0. The second-order valence-corrected chi connectivity index (χ2v) is 5.84. The summed E-state index contributed by atoms with van der Waals surface area (Å²) in [6.45, 7) is 0. The summed E-state index contributed by atoms with van der Waals surface area (Å²) in [7, 11) is 0. The van der Waals surface area contributed by atoms with Crippen molar-refractivity contribution in [3.05, 3.63) is 62.6 Å². The molecule has 0 aliphatic rings. The number of hydrogen-bond acceptors (Lipinski definition) is 3. The predicted molar refractivity (Wildman–Crippen MR) is 88.6 cm³/mol. The lowest BCUT2D eigenvalue weighted by Crippen LogP contribution is -1.90. The van der Waals surface area contributed by atoms with Crippen LogP contribution in [-0.2, 0) is 5.33 Å². The van der Waals surface area contributed by atoms with Crippen LogP contribution in [0.1, 0.15) is 5.56 Å². The summed E-state index contributed by atoms with van der Waals surface area (Å²) in [4.78, 5) is 10.8. The van der Waals surface area contributed by atoms with Gasteiger partial charge in [0.05, 0.1) is 15.0 Å². The largest absolute Gasteiger partial charge is 0.455 e. The molecule has 0 atom stereocenters. The van der Waals surface area contributed by atoms with Crippen molar-refractivity contribution in [2.24, 2.45) is 0 Å². The maximum Gasteiger partial charge on any atom is 0.280 e. The summed E-state index contributed by atoms with van der Waals surface area (Å²) in [6.07, 6.45) is 0. The van der Waals surface area contributed by atoms with Crippen LogP contribution in [0.5, 0.6) is 0 Å². The molecule has 0 aliphatic heterocycles. The van der Waals surface area contributed by atoms with E-state index < -0.39 is 4.92 Å². The molecule has 0 saturated carbocycles. The van der Waals surface area contributed by atoms with Gasteiger partial charge in [0.1, 0.15) is 5.58 Å². The molecule has 1 aromatic heterocycles. The molecule has 0 bridgehead atoms. The number of halogens is 2. The second kappa shape index (κ2) is 5.61. The SMILES string of the molecule is O=[N+]([O-])c1ccccc1-c1oc2ccc(CBr)cc2c1Br. The molecular formula is C15H9Br2NO3. The molecule has 0 spiro atoms. The Balaban J connectivity index is 2.26. The molecule has 1 heterocycles. The highest BCUT2D eigenvalue weighted by Gasteiger charge is 2.21. The number of furan rings is 1. The van der Waals surface area contributed by atoms with E-state index in [2.05, 4.69) is 31.9 Å². The van der Waals surface area contributed by atoms with Gasteiger partial charge in [0, 0.05) is 16.8 Å². The zero-order valence-corrected chi connectivity index (χ0v) is 13.8. The predicted octanol–water partition coefficient (Wildman–Crippen LogP) is 5.67. The third kappa shape index (κ3) is 2.49. The summed E-state index contributed by atoms with van der Waals surface area (Å²) >= 11 is 6.92. The average molecular weight is 411 g/mol. The Kier molecular flexibility index (Phi) is 3.82. The van der Waals surface area contributed by atoms with Gasteiger partial charge < -0.3 is 4.42 Å². The zero-order chi connectivity index (χ0) is 15.0. The molecule has 3 aromatic rings. The van der Waals surface area contributed by atoms with Crippen molar-refractivity contribution in [3.63, 3.8) is 0 Å². The molecule has 0 aliphatic carbocycles. The smallest absolute Gasteiger partial charge is 0.280 e. The van der Waals surface area contributed by atoms with E-state index in [4.69, 9.17) is 4.42 Å². The number of fused-ring (bicyclic) bond motifs is 1. The van der Waals surface area contributed by atoms with E-state index in [0.717, 1.165) is 20.8 Å². The first-order chi connectivity index (χ1) is 10.1. The number of nitrogens with zero attached hydrogens (tertiary/aromatic N) is 1. The first-order valence-corrected chi connectivity index (χ1v) is 8.04. The van der Waals surface area contributed by atoms with Gasteiger partial charge >= 0.3 is 0 Å². The molecule has 0 saturated heterocycles. The Morgan fingerprint density at radius 2 is 1.95 bits per heavy atom. The van der Waals surface area contributed by atoms with Crippen LogP contribution in [0.25, 0.3) is 22.3 Å². The lowest BCUT2D eigenvalue weighted by molar-refractivity contribution is -0.384. The van der Waals surface area contributed by atoms with Crippen molar-refractivity contribution in [1.82, 2.24) is 0 Å². The van der Waals surface area contributed by atoms with Crippen LogP contribution in [0.15, 0.2) is 51.4 Å². The molecule has 0 N–H and O–H groups in total. The van der Waals surface area contributed by atoms with Gasteiger partial charge in [-0.2, -0.15) is 0 Å². The van der Waals surface area contributed by atoms with E-state index in [1.165, 1.54) is 6.07 Å². The van der Waals surface area contributed by atoms with Gasteiger partial charge in [-0.05, 0) is 39.7 Å². The maximum atomic E-state index is 11.2. The molecule has 0 fully saturated rings. The number of nitro groups is 1. The fourth-order valence-corrected chi connectivity index (χ4v) is 3.15. The van der Waals surface area contributed by atoms with Crippen LogP contribution in [0.3, 0.4) is 0 Å². The van der Waals surface area contributed by atoms with Gasteiger partial charge in [0.2, 0.25) is 0 Å². The molecule has 0 unspecified atom stereocenters. The fraction of sp³-hybridized carbons (Fsp3) is 0.0667. The van der Waals surface area contributed by atoms with Crippen molar-refractivity contribution in [2.45, 2.75) is 5.33 Å². The van der Waals surface area contributed by atoms with E-state index in [-0.39, 0.29) is 5.69 Å². The van der Waals surface area contributed by atoms with Gasteiger partial charge in [-0.1, -0.05) is 34.1 Å².